The molecular formula is C17H18BrClFN5O. The molecule has 26 heavy (non-hydrogen) atoms. The van der Waals surface area contributed by atoms with Crippen molar-refractivity contribution in [3.05, 3.63) is 39.7 Å². The fourth-order valence-corrected chi connectivity index (χ4v) is 3.52. The summed E-state index contributed by atoms with van der Waals surface area (Å²) in [5.41, 5.74) is 0.600. The van der Waals surface area contributed by atoms with Crippen molar-refractivity contribution in [2.75, 3.05) is 30.4 Å². The lowest BCUT2D eigenvalue weighted by molar-refractivity contribution is -0.125. The first-order chi connectivity index (χ1) is 12.5. The summed E-state index contributed by atoms with van der Waals surface area (Å²) in [4.78, 5) is 22.7. The van der Waals surface area contributed by atoms with Crippen molar-refractivity contribution in [3.8, 4) is 0 Å². The fraction of sp³-hybridized carbons (Fsp3) is 0.353. The van der Waals surface area contributed by atoms with Crippen LogP contribution in [0.25, 0.3) is 0 Å². The number of benzene rings is 1. The SMILES string of the molecule is CNC(=O)C1CCN(c2nc(Nc3ccc(F)c(Cl)c3)ncc2Br)CC1. The van der Waals surface area contributed by atoms with Crippen molar-refractivity contribution in [2.24, 2.45) is 5.92 Å². The third-order valence-corrected chi connectivity index (χ3v) is 5.16. The molecule has 2 heterocycles. The van der Waals surface area contributed by atoms with Crippen LogP contribution in [0.1, 0.15) is 12.8 Å². The number of nitrogens with zero attached hydrogens (tertiary/aromatic N) is 3. The maximum Gasteiger partial charge on any atom is 0.229 e. The van der Waals surface area contributed by atoms with Crippen LogP contribution in [-0.4, -0.2) is 36.0 Å². The smallest absolute Gasteiger partial charge is 0.229 e. The molecule has 1 aromatic carbocycles. The second-order valence-electron chi connectivity index (χ2n) is 5.99. The molecule has 2 N–H and O–H groups in total. The Morgan fingerprint density at radius 2 is 2.12 bits per heavy atom. The molecule has 1 amide bonds. The number of carbonyl (C=O) groups is 1. The van der Waals surface area contributed by atoms with Gasteiger partial charge in [-0.15, -0.1) is 0 Å². The maximum absolute atomic E-state index is 13.3. The average Bonchev–Trinajstić information content (AvgIpc) is 2.66. The van der Waals surface area contributed by atoms with E-state index in [0.29, 0.717) is 11.6 Å². The topological polar surface area (TPSA) is 70.2 Å². The number of hydrogen-bond acceptors (Lipinski definition) is 5. The summed E-state index contributed by atoms with van der Waals surface area (Å²) in [7, 11) is 1.66. The molecule has 0 radical (unpaired) electrons. The highest BCUT2D eigenvalue weighted by molar-refractivity contribution is 9.10. The molecule has 1 saturated heterocycles. The monoisotopic (exact) mass is 441 g/mol. The second-order valence-corrected chi connectivity index (χ2v) is 7.26. The van der Waals surface area contributed by atoms with Crippen molar-refractivity contribution >= 4 is 50.9 Å². The predicted octanol–water partition coefficient (Wildman–Crippen LogP) is 3.74. The molecule has 0 bridgehead atoms. The molecule has 6 nitrogen and oxygen atoms in total. The van der Waals surface area contributed by atoms with Gasteiger partial charge < -0.3 is 15.5 Å². The molecule has 0 saturated carbocycles. The summed E-state index contributed by atoms with van der Waals surface area (Å²) >= 11 is 9.29. The molecule has 0 atom stereocenters. The van der Waals surface area contributed by atoms with E-state index in [1.54, 1.807) is 19.3 Å². The van der Waals surface area contributed by atoms with E-state index >= 15 is 0 Å². The Morgan fingerprint density at radius 3 is 2.77 bits per heavy atom. The van der Waals surface area contributed by atoms with E-state index in [-0.39, 0.29) is 16.8 Å². The molecule has 0 aliphatic carbocycles. The third kappa shape index (κ3) is 4.24. The van der Waals surface area contributed by atoms with Crippen LogP contribution in [0.15, 0.2) is 28.9 Å². The van der Waals surface area contributed by atoms with Crippen molar-refractivity contribution in [3.63, 3.8) is 0 Å². The Hall–Kier alpha value is -1.93. The third-order valence-electron chi connectivity index (χ3n) is 4.31. The Morgan fingerprint density at radius 1 is 1.38 bits per heavy atom. The molecule has 1 aromatic heterocycles. The largest absolute Gasteiger partial charge is 0.359 e. The Kier molecular flexibility index (Phi) is 5.93. The molecule has 0 spiro atoms. The molecule has 3 rings (SSSR count). The summed E-state index contributed by atoms with van der Waals surface area (Å²) in [6.07, 6.45) is 3.21. The Labute approximate surface area is 164 Å². The maximum atomic E-state index is 13.3. The standard InChI is InChI=1S/C17H18BrClFN5O/c1-21-16(26)10-4-6-25(7-5-10)15-12(18)9-22-17(24-15)23-11-2-3-14(20)13(19)8-11/h2-3,8-10H,4-7H2,1H3,(H,21,26)(H,22,23,24). The van der Waals surface area contributed by atoms with E-state index in [9.17, 15) is 9.18 Å². The number of halogens is 3. The van der Waals surface area contributed by atoms with Crippen LogP contribution in [0.3, 0.4) is 0 Å². The summed E-state index contributed by atoms with van der Waals surface area (Å²) in [5.74, 6) is 0.789. The number of hydrogen-bond donors (Lipinski definition) is 2. The zero-order chi connectivity index (χ0) is 18.7. The molecular weight excluding hydrogens is 425 g/mol. The summed E-state index contributed by atoms with van der Waals surface area (Å²) in [6, 6.07) is 4.34. The molecule has 1 aliphatic rings. The number of piperidine rings is 1. The first-order valence-electron chi connectivity index (χ1n) is 8.19. The van der Waals surface area contributed by atoms with Crippen LogP contribution in [0.5, 0.6) is 0 Å². The zero-order valence-electron chi connectivity index (χ0n) is 14.1. The number of aromatic nitrogens is 2. The highest BCUT2D eigenvalue weighted by Gasteiger charge is 2.26. The normalized spacial score (nSPS) is 15.0. The van der Waals surface area contributed by atoms with Gasteiger partial charge in [0, 0.05) is 37.9 Å². The average molecular weight is 443 g/mol. The van der Waals surface area contributed by atoms with E-state index in [2.05, 4.69) is 41.4 Å². The first-order valence-corrected chi connectivity index (χ1v) is 9.36. The number of rotatable bonds is 4. The number of anilines is 3. The van der Waals surface area contributed by atoms with Crippen LogP contribution in [0, 0.1) is 11.7 Å². The summed E-state index contributed by atoms with van der Waals surface area (Å²) in [6.45, 7) is 1.46. The summed E-state index contributed by atoms with van der Waals surface area (Å²) in [5, 5.41) is 5.77. The predicted molar refractivity (Wildman–Crippen MR) is 103 cm³/mol. The Balaban J connectivity index is 1.74. The number of carbonyl (C=O) groups excluding carboxylic acids is 1. The van der Waals surface area contributed by atoms with Crippen molar-refractivity contribution in [1.82, 2.24) is 15.3 Å². The van der Waals surface area contributed by atoms with Crippen LogP contribution in [-0.2, 0) is 4.79 Å². The van der Waals surface area contributed by atoms with E-state index in [1.807, 2.05) is 0 Å². The lowest BCUT2D eigenvalue weighted by atomic mass is 9.96. The minimum atomic E-state index is -0.478. The van der Waals surface area contributed by atoms with Crippen molar-refractivity contribution in [1.29, 1.82) is 0 Å². The molecule has 138 valence electrons. The molecule has 1 aliphatic heterocycles. The van der Waals surface area contributed by atoms with Gasteiger partial charge in [-0.3, -0.25) is 4.79 Å². The van der Waals surface area contributed by atoms with Crippen LogP contribution in [0.4, 0.5) is 21.8 Å². The van der Waals surface area contributed by atoms with Gasteiger partial charge >= 0.3 is 0 Å². The van der Waals surface area contributed by atoms with E-state index in [0.717, 1.165) is 36.2 Å². The van der Waals surface area contributed by atoms with Gasteiger partial charge in [-0.05, 0) is 47.0 Å². The molecule has 2 aromatic rings. The van der Waals surface area contributed by atoms with Gasteiger partial charge in [-0.25, -0.2) is 9.37 Å². The number of amides is 1. The van der Waals surface area contributed by atoms with Crippen LogP contribution >= 0.6 is 27.5 Å². The van der Waals surface area contributed by atoms with E-state index in [1.165, 1.54) is 12.1 Å². The van der Waals surface area contributed by atoms with Crippen LogP contribution in [0.2, 0.25) is 5.02 Å². The van der Waals surface area contributed by atoms with Gasteiger partial charge in [0.25, 0.3) is 0 Å². The van der Waals surface area contributed by atoms with Crippen LogP contribution < -0.4 is 15.5 Å². The highest BCUT2D eigenvalue weighted by atomic mass is 79.9. The van der Waals surface area contributed by atoms with E-state index < -0.39 is 5.82 Å². The lowest BCUT2D eigenvalue weighted by Gasteiger charge is -2.32. The van der Waals surface area contributed by atoms with Gasteiger partial charge in [0.2, 0.25) is 11.9 Å². The van der Waals surface area contributed by atoms with Gasteiger partial charge in [0.1, 0.15) is 11.6 Å². The zero-order valence-corrected chi connectivity index (χ0v) is 16.4. The number of nitrogens with one attached hydrogen (secondary N) is 2. The van der Waals surface area contributed by atoms with E-state index in [4.69, 9.17) is 11.6 Å². The highest BCUT2D eigenvalue weighted by Crippen LogP contribution is 2.29. The van der Waals surface area contributed by atoms with Gasteiger partial charge in [0.05, 0.1) is 9.50 Å². The Bertz CT molecular complexity index is 814. The van der Waals surface area contributed by atoms with Gasteiger partial charge in [-0.2, -0.15) is 4.98 Å². The minimum Gasteiger partial charge on any atom is -0.359 e. The first kappa shape index (κ1) is 18.8. The quantitative estimate of drug-likeness (QED) is 0.755. The minimum absolute atomic E-state index is 0.0311. The second kappa shape index (κ2) is 8.18. The lowest BCUT2D eigenvalue weighted by Crippen LogP contribution is -2.40. The molecule has 9 heteroatoms. The summed E-state index contributed by atoms with van der Waals surface area (Å²) < 4.78 is 14.1. The van der Waals surface area contributed by atoms with Crippen molar-refractivity contribution < 1.29 is 9.18 Å². The molecule has 0 unspecified atom stereocenters. The van der Waals surface area contributed by atoms with Gasteiger partial charge in [0.15, 0.2) is 0 Å². The molecule has 1 fully saturated rings. The van der Waals surface area contributed by atoms with Gasteiger partial charge in [-0.1, -0.05) is 11.6 Å². The van der Waals surface area contributed by atoms with Crippen molar-refractivity contribution in [2.45, 2.75) is 12.8 Å². The fourth-order valence-electron chi connectivity index (χ4n) is 2.90.